The number of benzene rings is 1. The van der Waals surface area contributed by atoms with E-state index in [0.717, 1.165) is 11.3 Å². The van der Waals surface area contributed by atoms with Crippen LogP contribution in [0, 0.1) is 0 Å². The average molecular weight is 382 g/mol. The van der Waals surface area contributed by atoms with Crippen molar-refractivity contribution in [2.24, 2.45) is 0 Å². The second kappa shape index (κ2) is 7.47. The highest BCUT2D eigenvalue weighted by molar-refractivity contribution is 5.94. The summed E-state index contributed by atoms with van der Waals surface area (Å²) in [5.74, 6) is 0.573. The van der Waals surface area contributed by atoms with Gasteiger partial charge >= 0.3 is 0 Å². The van der Waals surface area contributed by atoms with Crippen LogP contribution in [0.25, 0.3) is 5.95 Å². The molecular formula is C17H18N8O3. The summed E-state index contributed by atoms with van der Waals surface area (Å²) in [4.78, 5) is 32.5. The van der Waals surface area contributed by atoms with E-state index in [4.69, 9.17) is 4.74 Å². The zero-order valence-corrected chi connectivity index (χ0v) is 15.1. The summed E-state index contributed by atoms with van der Waals surface area (Å²) in [5, 5.41) is 13.9. The van der Waals surface area contributed by atoms with Crippen molar-refractivity contribution < 1.29 is 14.3 Å². The topological polar surface area (TPSA) is 122 Å². The molecule has 4 rings (SSSR count). The summed E-state index contributed by atoms with van der Waals surface area (Å²) >= 11 is 0. The van der Waals surface area contributed by atoms with E-state index in [2.05, 4.69) is 25.4 Å². The smallest absolute Gasteiger partial charge is 0.291 e. The van der Waals surface area contributed by atoms with E-state index in [1.807, 2.05) is 24.3 Å². The van der Waals surface area contributed by atoms with Crippen molar-refractivity contribution in [2.45, 2.75) is 6.54 Å². The molecule has 2 aromatic heterocycles. The monoisotopic (exact) mass is 382 g/mol. The van der Waals surface area contributed by atoms with Gasteiger partial charge in [-0.25, -0.2) is 0 Å². The molecule has 3 aromatic rings. The molecule has 1 N–H and O–H groups in total. The molecule has 28 heavy (non-hydrogen) atoms. The highest BCUT2D eigenvalue weighted by Crippen LogP contribution is 2.16. The molecule has 2 amide bonds. The van der Waals surface area contributed by atoms with Gasteiger partial charge in [-0.2, -0.15) is 4.98 Å². The molecule has 0 bridgehead atoms. The van der Waals surface area contributed by atoms with Crippen LogP contribution in [-0.4, -0.2) is 78.3 Å². The number of carbonyl (C=O) groups is 2. The summed E-state index contributed by atoms with van der Waals surface area (Å²) in [7, 11) is 1.60. The molecule has 3 heterocycles. The molecule has 11 heteroatoms. The summed E-state index contributed by atoms with van der Waals surface area (Å²) in [6, 6.07) is 7.57. The first-order valence-corrected chi connectivity index (χ1v) is 8.61. The number of hydrogen-bond acceptors (Lipinski definition) is 7. The van der Waals surface area contributed by atoms with Gasteiger partial charge in [0, 0.05) is 19.6 Å². The zero-order valence-electron chi connectivity index (χ0n) is 15.1. The number of ether oxygens (including phenoxy) is 1. The second-order valence-corrected chi connectivity index (χ2v) is 6.25. The minimum Gasteiger partial charge on any atom is -0.497 e. The van der Waals surface area contributed by atoms with Crippen molar-refractivity contribution in [3.63, 3.8) is 0 Å². The number of nitrogens with zero attached hydrogens (tertiary/aromatic N) is 7. The van der Waals surface area contributed by atoms with E-state index < -0.39 is 0 Å². The quantitative estimate of drug-likeness (QED) is 0.653. The lowest BCUT2D eigenvalue weighted by molar-refractivity contribution is -0.135. The number of amides is 2. The number of methoxy groups -OCH3 is 1. The molecule has 0 spiro atoms. The lowest BCUT2D eigenvalue weighted by atomic mass is 10.2. The van der Waals surface area contributed by atoms with Gasteiger partial charge in [-0.1, -0.05) is 12.1 Å². The first-order valence-electron chi connectivity index (χ1n) is 8.61. The second-order valence-electron chi connectivity index (χ2n) is 6.25. The third-order valence-corrected chi connectivity index (χ3v) is 4.44. The lowest BCUT2D eigenvalue weighted by Crippen LogP contribution is -2.52. The third-order valence-electron chi connectivity index (χ3n) is 4.44. The molecule has 1 aliphatic rings. The zero-order chi connectivity index (χ0) is 19.5. The molecule has 0 radical (unpaired) electrons. The molecule has 1 aliphatic heterocycles. The van der Waals surface area contributed by atoms with E-state index in [-0.39, 0.29) is 30.1 Å². The number of aromatic amines is 1. The van der Waals surface area contributed by atoms with Crippen LogP contribution in [0.3, 0.4) is 0 Å². The first kappa shape index (κ1) is 17.6. The Morgan fingerprint density at radius 2 is 2.07 bits per heavy atom. The Bertz CT molecular complexity index is 984. The summed E-state index contributed by atoms with van der Waals surface area (Å²) < 4.78 is 6.69. The van der Waals surface area contributed by atoms with Crippen LogP contribution in [0.15, 0.2) is 36.9 Å². The van der Waals surface area contributed by atoms with Gasteiger partial charge in [0.15, 0.2) is 0 Å². The minimum atomic E-state index is -0.374. The van der Waals surface area contributed by atoms with Gasteiger partial charge in [0.05, 0.1) is 7.11 Å². The molecule has 1 fully saturated rings. The molecule has 0 unspecified atom stereocenters. The molecule has 144 valence electrons. The van der Waals surface area contributed by atoms with Crippen LogP contribution < -0.4 is 4.74 Å². The SMILES string of the molecule is COc1cccc(CN2CCN(C(=O)c3nc(-n4cnnc4)n[nH]3)CC2=O)c1. The highest BCUT2D eigenvalue weighted by Gasteiger charge is 2.29. The van der Waals surface area contributed by atoms with Gasteiger partial charge in [-0.15, -0.1) is 15.3 Å². The predicted molar refractivity (Wildman–Crippen MR) is 95.6 cm³/mol. The maximum Gasteiger partial charge on any atom is 0.291 e. The van der Waals surface area contributed by atoms with Crippen LogP contribution in [0.5, 0.6) is 5.75 Å². The largest absolute Gasteiger partial charge is 0.497 e. The minimum absolute atomic E-state index is 0.00847. The van der Waals surface area contributed by atoms with E-state index >= 15 is 0 Å². The van der Waals surface area contributed by atoms with E-state index in [0.29, 0.717) is 19.6 Å². The highest BCUT2D eigenvalue weighted by atomic mass is 16.5. The fraction of sp³-hybridized carbons (Fsp3) is 0.294. The van der Waals surface area contributed by atoms with Crippen LogP contribution in [0.4, 0.5) is 0 Å². The van der Waals surface area contributed by atoms with Gasteiger partial charge in [-0.3, -0.25) is 19.3 Å². The third kappa shape index (κ3) is 3.54. The van der Waals surface area contributed by atoms with Gasteiger partial charge in [-0.05, 0) is 17.7 Å². The Balaban J connectivity index is 1.39. The van der Waals surface area contributed by atoms with Crippen LogP contribution >= 0.6 is 0 Å². The maximum absolute atomic E-state index is 12.6. The first-order chi connectivity index (χ1) is 13.6. The van der Waals surface area contributed by atoms with Gasteiger partial charge in [0.2, 0.25) is 11.7 Å². The van der Waals surface area contributed by atoms with Crippen LogP contribution in [-0.2, 0) is 11.3 Å². The number of carbonyl (C=O) groups excluding carboxylic acids is 2. The number of aromatic nitrogens is 6. The van der Waals surface area contributed by atoms with E-state index in [9.17, 15) is 9.59 Å². The fourth-order valence-electron chi connectivity index (χ4n) is 2.96. The summed E-state index contributed by atoms with van der Waals surface area (Å²) in [6.07, 6.45) is 2.86. The Kier molecular flexibility index (Phi) is 4.70. The molecule has 11 nitrogen and oxygen atoms in total. The number of nitrogens with one attached hydrogen (secondary N) is 1. The van der Waals surface area contributed by atoms with Crippen molar-refractivity contribution >= 4 is 11.8 Å². The van der Waals surface area contributed by atoms with Gasteiger partial charge in [0.25, 0.3) is 11.9 Å². The predicted octanol–water partition coefficient (Wildman–Crippen LogP) is -0.121. The molecule has 1 saturated heterocycles. The molecular weight excluding hydrogens is 364 g/mol. The Morgan fingerprint density at radius 3 is 2.82 bits per heavy atom. The summed E-state index contributed by atoms with van der Waals surface area (Å²) in [5.41, 5.74) is 0.973. The standard InChI is InChI=1S/C17H18N8O3/c1-28-13-4-2-3-12(7-13)8-23-5-6-24(9-14(23)26)16(27)15-20-17(22-21-15)25-10-18-19-11-25/h2-4,7,10-11H,5-6,8-9H2,1H3,(H,20,21,22). The number of hydrogen-bond donors (Lipinski definition) is 1. The number of piperazine rings is 1. The molecule has 0 atom stereocenters. The lowest BCUT2D eigenvalue weighted by Gasteiger charge is -2.34. The molecule has 1 aromatic carbocycles. The molecule has 0 saturated carbocycles. The summed E-state index contributed by atoms with van der Waals surface area (Å²) in [6.45, 7) is 1.31. The van der Waals surface area contributed by atoms with Crippen molar-refractivity contribution in [3.8, 4) is 11.7 Å². The van der Waals surface area contributed by atoms with Gasteiger partial charge in [0.1, 0.15) is 24.9 Å². The van der Waals surface area contributed by atoms with Crippen molar-refractivity contribution in [3.05, 3.63) is 48.3 Å². The van der Waals surface area contributed by atoms with Crippen LogP contribution in [0.2, 0.25) is 0 Å². The molecule has 0 aliphatic carbocycles. The number of H-pyrrole nitrogens is 1. The number of rotatable bonds is 5. The van der Waals surface area contributed by atoms with E-state index in [1.54, 1.807) is 12.0 Å². The van der Waals surface area contributed by atoms with Crippen LogP contribution in [0.1, 0.15) is 16.2 Å². The van der Waals surface area contributed by atoms with Crippen molar-refractivity contribution in [2.75, 3.05) is 26.7 Å². The van der Waals surface area contributed by atoms with Crippen molar-refractivity contribution in [1.29, 1.82) is 0 Å². The van der Waals surface area contributed by atoms with Gasteiger partial charge < -0.3 is 14.5 Å². The maximum atomic E-state index is 12.6. The Morgan fingerprint density at radius 1 is 1.25 bits per heavy atom. The van der Waals surface area contributed by atoms with E-state index in [1.165, 1.54) is 22.1 Å². The Hall–Kier alpha value is -3.76. The normalized spacial score (nSPS) is 14.4. The Labute approximate surface area is 159 Å². The van der Waals surface area contributed by atoms with Crippen molar-refractivity contribution in [1.82, 2.24) is 39.7 Å². The fourth-order valence-corrected chi connectivity index (χ4v) is 2.96. The average Bonchev–Trinajstić information content (AvgIpc) is 3.41.